The maximum absolute atomic E-state index is 11.9. The number of pyridine rings is 1. The Morgan fingerprint density at radius 2 is 2.19 bits per heavy atom. The van der Waals surface area contributed by atoms with Crippen LogP contribution in [0.3, 0.4) is 0 Å². The van der Waals surface area contributed by atoms with Gasteiger partial charge in [0.25, 0.3) is 0 Å². The Morgan fingerprint density at radius 1 is 1.43 bits per heavy atom. The van der Waals surface area contributed by atoms with E-state index in [1.54, 1.807) is 11.0 Å². The van der Waals surface area contributed by atoms with Gasteiger partial charge in [0.05, 0.1) is 0 Å². The molecule has 21 heavy (non-hydrogen) atoms. The average Bonchev–Trinajstić information content (AvgIpc) is 2.96. The highest BCUT2D eigenvalue weighted by Gasteiger charge is 2.49. The number of carboxylic acid groups (broad SMARTS) is 1. The fraction of sp³-hybridized carbons (Fsp3) is 0.571. The van der Waals surface area contributed by atoms with Crippen LogP contribution in [-0.2, 0) is 14.6 Å². The number of carboxylic acids is 1. The zero-order valence-corrected chi connectivity index (χ0v) is 12.6. The first-order valence-electron chi connectivity index (χ1n) is 7.04. The van der Waals surface area contributed by atoms with Crippen LogP contribution in [0.25, 0.3) is 0 Å². The van der Waals surface area contributed by atoms with E-state index in [0.29, 0.717) is 12.5 Å². The highest BCUT2D eigenvalue weighted by molar-refractivity contribution is 7.90. The summed E-state index contributed by atoms with van der Waals surface area (Å²) in [4.78, 5) is 17.6. The Balaban J connectivity index is 2.06. The first-order valence-corrected chi connectivity index (χ1v) is 8.93. The summed E-state index contributed by atoms with van der Waals surface area (Å²) in [7, 11) is -3.44. The number of nitrogens with zero attached hydrogens (tertiary/aromatic N) is 2. The van der Waals surface area contributed by atoms with Crippen molar-refractivity contribution in [2.75, 3.05) is 17.7 Å². The minimum Gasteiger partial charge on any atom is -0.480 e. The molecule has 0 aromatic carbocycles. The van der Waals surface area contributed by atoms with Crippen LogP contribution in [0.1, 0.15) is 19.3 Å². The van der Waals surface area contributed by atoms with E-state index in [-0.39, 0.29) is 16.6 Å². The standard InChI is InChI=1S/C14H18N2O4S/c1-21(19,20)11-6-3-7-15-13(11)16-8-9-4-2-5-10(9)12(16)14(17)18/h3,6-7,9-10,12H,2,4-5,8H2,1H3,(H,17,18). The molecule has 3 atom stereocenters. The largest absolute Gasteiger partial charge is 0.480 e. The maximum atomic E-state index is 11.9. The highest BCUT2D eigenvalue weighted by atomic mass is 32.2. The van der Waals surface area contributed by atoms with Gasteiger partial charge in [0.2, 0.25) is 0 Å². The predicted octanol–water partition coefficient (Wildman–Crippen LogP) is 1.17. The van der Waals surface area contributed by atoms with Crippen LogP contribution >= 0.6 is 0 Å². The van der Waals surface area contributed by atoms with Crippen molar-refractivity contribution in [3.05, 3.63) is 18.3 Å². The molecular weight excluding hydrogens is 292 g/mol. The predicted molar refractivity (Wildman–Crippen MR) is 76.9 cm³/mol. The van der Waals surface area contributed by atoms with Crippen LogP contribution in [0.4, 0.5) is 5.82 Å². The molecule has 1 saturated heterocycles. The van der Waals surface area contributed by atoms with Gasteiger partial charge < -0.3 is 10.0 Å². The molecule has 0 bridgehead atoms. The van der Waals surface area contributed by atoms with E-state index in [4.69, 9.17) is 0 Å². The lowest BCUT2D eigenvalue weighted by Gasteiger charge is -2.26. The van der Waals surface area contributed by atoms with Gasteiger partial charge >= 0.3 is 5.97 Å². The number of rotatable bonds is 3. The molecule has 114 valence electrons. The summed E-state index contributed by atoms with van der Waals surface area (Å²) in [6.45, 7) is 0.571. The number of aliphatic carboxylic acids is 1. The van der Waals surface area contributed by atoms with Crippen LogP contribution in [0, 0.1) is 11.8 Å². The topological polar surface area (TPSA) is 87.6 Å². The molecule has 6 nitrogen and oxygen atoms in total. The first kappa shape index (κ1) is 14.3. The van der Waals surface area contributed by atoms with Crippen molar-refractivity contribution in [1.82, 2.24) is 4.98 Å². The Bertz CT molecular complexity index is 673. The summed E-state index contributed by atoms with van der Waals surface area (Å²) in [6, 6.07) is 2.38. The normalized spacial score (nSPS) is 28.6. The second kappa shape index (κ2) is 4.98. The summed E-state index contributed by atoms with van der Waals surface area (Å²) in [6.07, 6.45) is 5.58. The first-order chi connectivity index (χ1) is 9.89. The van der Waals surface area contributed by atoms with Gasteiger partial charge in [0, 0.05) is 19.0 Å². The Kier molecular flexibility index (Phi) is 3.39. The molecule has 2 fully saturated rings. The fourth-order valence-electron chi connectivity index (χ4n) is 3.73. The van der Waals surface area contributed by atoms with E-state index in [2.05, 4.69) is 4.98 Å². The lowest BCUT2D eigenvalue weighted by atomic mass is 9.94. The van der Waals surface area contributed by atoms with Crippen molar-refractivity contribution >= 4 is 21.6 Å². The zero-order chi connectivity index (χ0) is 15.2. The zero-order valence-electron chi connectivity index (χ0n) is 11.8. The van der Waals surface area contributed by atoms with Crippen molar-refractivity contribution in [2.24, 2.45) is 11.8 Å². The summed E-state index contributed by atoms with van der Waals surface area (Å²) in [5.74, 6) is -0.200. The third-order valence-corrected chi connectivity index (χ3v) is 5.68. The van der Waals surface area contributed by atoms with E-state index >= 15 is 0 Å². The molecule has 1 aromatic heterocycles. The van der Waals surface area contributed by atoms with Gasteiger partial charge in [-0.1, -0.05) is 6.42 Å². The van der Waals surface area contributed by atoms with Crippen LogP contribution in [0.15, 0.2) is 23.2 Å². The molecule has 3 unspecified atom stereocenters. The van der Waals surface area contributed by atoms with Gasteiger partial charge in [-0.2, -0.15) is 0 Å². The number of carbonyl (C=O) groups is 1. The van der Waals surface area contributed by atoms with Crippen molar-refractivity contribution in [2.45, 2.75) is 30.2 Å². The molecule has 1 saturated carbocycles. The lowest BCUT2D eigenvalue weighted by molar-refractivity contribution is -0.139. The molecule has 2 heterocycles. The van der Waals surface area contributed by atoms with E-state index in [1.165, 1.54) is 12.3 Å². The van der Waals surface area contributed by atoms with E-state index in [0.717, 1.165) is 25.5 Å². The fourth-order valence-corrected chi connectivity index (χ4v) is 4.55. The molecule has 1 aromatic rings. The minimum atomic E-state index is -3.44. The molecule has 0 spiro atoms. The number of fused-ring (bicyclic) bond motifs is 1. The molecule has 0 radical (unpaired) electrons. The number of aromatic nitrogens is 1. The average molecular weight is 310 g/mol. The SMILES string of the molecule is CS(=O)(=O)c1cccnc1N1CC2CCCC2C1C(=O)O. The van der Waals surface area contributed by atoms with Crippen LogP contribution in [-0.4, -0.2) is 43.3 Å². The van der Waals surface area contributed by atoms with Gasteiger partial charge in [-0.05, 0) is 36.8 Å². The van der Waals surface area contributed by atoms with E-state index in [1.807, 2.05) is 0 Å². The van der Waals surface area contributed by atoms with Gasteiger partial charge in [-0.25, -0.2) is 18.2 Å². The summed E-state index contributed by atoms with van der Waals surface area (Å²) in [5.41, 5.74) is 0. The Labute approximate surface area is 123 Å². The smallest absolute Gasteiger partial charge is 0.326 e. The molecule has 1 N–H and O–H groups in total. The second-order valence-electron chi connectivity index (χ2n) is 5.89. The van der Waals surface area contributed by atoms with Crippen molar-refractivity contribution < 1.29 is 18.3 Å². The van der Waals surface area contributed by atoms with E-state index < -0.39 is 21.8 Å². The van der Waals surface area contributed by atoms with Crippen molar-refractivity contribution in [1.29, 1.82) is 0 Å². The third kappa shape index (κ3) is 2.39. The molecule has 3 rings (SSSR count). The molecule has 1 aliphatic heterocycles. The molecule has 1 aliphatic carbocycles. The van der Waals surface area contributed by atoms with Gasteiger partial charge in [-0.3, -0.25) is 0 Å². The maximum Gasteiger partial charge on any atom is 0.326 e. The monoisotopic (exact) mass is 310 g/mol. The highest BCUT2D eigenvalue weighted by Crippen LogP contribution is 2.44. The van der Waals surface area contributed by atoms with Gasteiger partial charge in [0.15, 0.2) is 9.84 Å². The number of anilines is 1. The lowest BCUT2D eigenvalue weighted by Crippen LogP contribution is -2.40. The Morgan fingerprint density at radius 3 is 2.86 bits per heavy atom. The van der Waals surface area contributed by atoms with Crippen LogP contribution < -0.4 is 4.90 Å². The van der Waals surface area contributed by atoms with Gasteiger partial charge in [-0.15, -0.1) is 0 Å². The third-order valence-electron chi connectivity index (χ3n) is 4.57. The number of hydrogen-bond donors (Lipinski definition) is 1. The summed E-state index contributed by atoms with van der Waals surface area (Å²) < 4.78 is 23.8. The summed E-state index contributed by atoms with van der Waals surface area (Å²) >= 11 is 0. The molecule has 0 amide bonds. The molecule has 7 heteroatoms. The van der Waals surface area contributed by atoms with Crippen LogP contribution in [0.2, 0.25) is 0 Å². The number of hydrogen-bond acceptors (Lipinski definition) is 5. The molecule has 2 aliphatic rings. The van der Waals surface area contributed by atoms with Crippen molar-refractivity contribution in [3.8, 4) is 0 Å². The van der Waals surface area contributed by atoms with E-state index in [9.17, 15) is 18.3 Å². The quantitative estimate of drug-likeness (QED) is 0.902. The molecular formula is C14H18N2O4S. The van der Waals surface area contributed by atoms with Gasteiger partial charge in [0.1, 0.15) is 16.8 Å². The Hall–Kier alpha value is -1.63. The van der Waals surface area contributed by atoms with Crippen molar-refractivity contribution in [3.63, 3.8) is 0 Å². The summed E-state index contributed by atoms with van der Waals surface area (Å²) in [5, 5.41) is 9.57. The minimum absolute atomic E-state index is 0.0944. The number of sulfone groups is 1. The second-order valence-corrected chi connectivity index (χ2v) is 7.87. The van der Waals surface area contributed by atoms with Crippen LogP contribution in [0.5, 0.6) is 0 Å².